The fourth-order valence-electron chi connectivity index (χ4n) is 2.40. The fourth-order valence-corrected chi connectivity index (χ4v) is 2.61. The number of hydrogen-bond donors (Lipinski definition) is 1. The predicted octanol–water partition coefficient (Wildman–Crippen LogP) is 4.54. The molecule has 0 saturated heterocycles. The zero-order valence-corrected chi connectivity index (χ0v) is 14.9. The summed E-state index contributed by atoms with van der Waals surface area (Å²) < 4.78 is 8.47. The van der Waals surface area contributed by atoms with Crippen LogP contribution in [-0.4, -0.2) is 5.91 Å². The molecule has 2 aromatic rings. The number of carbonyl (C=O) groups is 1. The first-order chi connectivity index (χ1) is 10.4. The van der Waals surface area contributed by atoms with Crippen LogP contribution in [-0.2, 0) is 6.61 Å². The molecule has 0 spiro atoms. The van der Waals surface area contributed by atoms with E-state index in [1.165, 1.54) is 11.1 Å². The highest BCUT2D eigenvalue weighted by Gasteiger charge is 2.13. The molecule has 0 radical (unpaired) electrons. The molecule has 1 N–H and O–H groups in total. The summed E-state index contributed by atoms with van der Waals surface area (Å²) in [6.45, 7) is 8.54. The SMILES string of the molecule is Cc1cc(C)c(OCc2c(C)cccc2C(=O)NBr)cc1C. The lowest BCUT2D eigenvalue weighted by Gasteiger charge is -2.15. The standard InChI is InChI=1S/C18H20BrNO2/c1-11-6-5-7-15(18(21)20-19)16(11)10-22-17-9-13(3)12(2)8-14(17)4/h5-9H,10H2,1-4H3,(H,20,21). The first kappa shape index (κ1) is 16.6. The van der Waals surface area contributed by atoms with Crippen molar-refractivity contribution in [1.82, 2.24) is 4.34 Å². The maximum Gasteiger partial charge on any atom is 0.261 e. The Morgan fingerprint density at radius 1 is 1.05 bits per heavy atom. The van der Waals surface area contributed by atoms with Gasteiger partial charge in [-0.3, -0.25) is 9.14 Å². The van der Waals surface area contributed by atoms with E-state index in [1.54, 1.807) is 6.07 Å². The molecule has 22 heavy (non-hydrogen) atoms. The highest BCUT2D eigenvalue weighted by Crippen LogP contribution is 2.24. The molecule has 0 aliphatic rings. The first-order valence-electron chi connectivity index (χ1n) is 7.14. The molecule has 3 nitrogen and oxygen atoms in total. The van der Waals surface area contributed by atoms with Crippen LogP contribution < -0.4 is 9.08 Å². The number of nitrogens with one attached hydrogen (secondary N) is 1. The maximum absolute atomic E-state index is 11.9. The Labute approximate surface area is 140 Å². The number of rotatable bonds is 4. The molecule has 4 heteroatoms. The summed E-state index contributed by atoms with van der Waals surface area (Å²) in [5, 5.41) is 0. The summed E-state index contributed by atoms with van der Waals surface area (Å²) in [7, 11) is 0. The Balaban J connectivity index is 2.29. The zero-order chi connectivity index (χ0) is 16.3. The average Bonchev–Trinajstić information content (AvgIpc) is 2.49. The molecule has 2 rings (SSSR count). The molecule has 2 aromatic carbocycles. The Morgan fingerprint density at radius 2 is 1.73 bits per heavy atom. The van der Waals surface area contributed by atoms with Crippen LogP contribution in [0.2, 0.25) is 0 Å². The van der Waals surface area contributed by atoms with Gasteiger partial charge >= 0.3 is 0 Å². The third-order valence-electron chi connectivity index (χ3n) is 3.90. The van der Waals surface area contributed by atoms with Crippen molar-refractivity contribution in [2.45, 2.75) is 34.3 Å². The van der Waals surface area contributed by atoms with Gasteiger partial charge in [0.2, 0.25) is 0 Å². The van der Waals surface area contributed by atoms with Crippen LogP contribution in [0.5, 0.6) is 5.75 Å². The number of benzene rings is 2. The lowest BCUT2D eigenvalue weighted by atomic mass is 10.0. The quantitative estimate of drug-likeness (QED) is 0.811. The van der Waals surface area contributed by atoms with Gasteiger partial charge in [0, 0.05) is 27.3 Å². The minimum Gasteiger partial charge on any atom is -0.489 e. The fraction of sp³-hybridized carbons (Fsp3) is 0.278. The highest BCUT2D eigenvalue weighted by atomic mass is 79.9. The van der Waals surface area contributed by atoms with E-state index in [-0.39, 0.29) is 5.91 Å². The third-order valence-corrected chi connectivity index (χ3v) is 4.26. The largest absolute Gasteiger partial charge is 0.489 e. The second-order valence-corrected chi connectivity index (χ2v) is 5.91. The van der Waals surface area contributed by atoms with E-state index in [9.17, 15) is 4.79 Å². The van der Waals surface area contributed by atoms with E-state index < -0.39 is 0 Å². The van der Waals surface area contributed by atoms with E-state index in [0.717, 1.165) is 22.4 Å². The molecule has 0 aliphatic heterocycles. The maximum atomic E-state index is 11.9. The molecule has 0 bridgehead atoms. The van der Waals surface area contributed by atoms with Gasteiger partial charge in [-0.05, 0) is 62.1 Å². The van der Waals surface area contributed by atoms with Crippen LogP contribution in [0.15, 0.2) is 30.3 Å². The molecule has 0 heterocycles. The van der Waals surface area contributed by atoms with Gasteiger partial charge in [0.15, 0.2) is 0 Å². The predicted molar refractivity (Wildman–Crippen MR) is 92.6 cm³/mol. The summed E-state index contributed by atoms with van der Waals surface area (Å²) >= 11 is 2.99. The van der Waals surface area contributed by atoms with Gasteiger partial charge in [0.05, 0.1) is 0 Å². The van der Waals surface area contributed by atoms with Crippen molar-refractivity contribution >= 4 is 22.1 Å². The van der Waals surface area contributed by atoms with Crippen LogP contribution in [0, 0.1) is 27.7 Å². The number of amides is 1. The normalized spacial score (nSPS) is 10.4. The van der Waals surface area contributed by atoms with Crippen LogP contribution in [0.3, 0.4) is 0 Å². The second-order valence-electron chi connectivity index (χ2n) is 5.52. The highest BCUT2D eigenvalue weighted by molar-refractivity contribution is 9.08. The van der Waals surface area contributed by atoms with Gasteiger partial charge < -0.3 is 4.74 Å². The second kappa shape index (κ2) is 6.97. The third kappa shape index (κ3) is 3.50. The smallest absolute Gasteiger partial charge is 0.261 e. The van der Waals surface area contributed by atoms with Crippen LogP contribution in [0.25, 0.3) is 0 Å². The number of carbonyl (C=O) groups excluding carboxylic acids is 1. The van der Waals surface area contributed by atoms with E-state index in [1.807, 2.05) is 32.0 Å². The Bertz CT molecular complexity index is 710. The van der Waals surface area contributed by atoms with Crippen LogP contribution in [0.4, 0.5) is 0 Å². The number of ether oxygens (including phenoxy) is 1. The van der Waals surface area contributed by atoms with E-state index in [4.69, 9.17) is 4.74 Å². The van der Waals surface area contributed by atoms with Crippen molar-refractivity contribution in [1.29, 1.82) is 0 Å². The molecule has 0 saturated carbocycles. The monoisotopic (exact) mass is 361 g/mol. The Kier molecular flexibility index (Phi) is 5.24. The molecule has 0 aromatic heterocycles. The van der Waals surface area contributed by atoms with E-state index in [2.05, 4.69) is 40.4 Å². The van der Waals surface area contributed by atoms with Gasteiger partial charge in [-0.15, -0.1) is 0 Å². The van der Waals surface area contributed by atoms with Gasteiger partial charge in [-0.25, -0.2) is 0 Å². The summed E-state index contributed by atoms with van der Waals surface area (Å²) in [5.74, 6) is 0.690. The van der Waals surface area contributed by atoms with Crippen molar-refractivity contribution in [2.24, 2.45) is 0 Å². The number of hydrogen-bond acceptors (Lipinski definition) is 2. The van der Waals surface area contributed by atoms with Crippen molar-refractivity contribution in [3.63, 3.8) is 0 Å². The summed E-state index contributed by atoms with van der Waals surface area (Å²) in [4.78, 5) is 11.9. The molecular weight excluding hydrogens is 342 g/mol. The Hall–Kier alpha value is -1.81. The lowest BCUT2D eigenvalue weighted by molar-refractivity contribution is 0.0984. The summed E-state index contributed by atoms with van der Waals surface area (Å²) in [5.41, 5.74) is 6.11. The molecule has 116 valence electrons. The van der Waals surface area contributed by atoms with Crippen molar-refractivity contribution < 1.29 is 9.53 Å². The molecule has 0 aliphatic carbocycles. The summed E-state index contributed by atoms with van der Waals surface area (Å²) in [6, 6.07) is 9.83. The number of halogens is 1. The Morgan fingerprint density at radius 3 is 2.41 bits per heavy atom. The van der Waals surface area contributed by atoms with Gasteiger partial charge in [-0.1, -0.05) is 18.2 Å². The molecule has 0 unspecified atom stereocenters. The molecule has 1 amide bonds. The number of aryl methyl sites for hydroxylation is 4. The van der Waals surface area contributed by atoms with Gasteiger partial charge in [-0.2, -0.15) is 0 Å². The van der Waals surface area contributed by atoms with E-state index >= 15 is 0 Å². The summed E-state index contributed by atoms with van der Waals surface area (Å²) in [6.07, 6.45) is 0. The van der Waals surface area contributed by atoms with Crippen molar-refractivity contribution in [3.8, 4) is 5.75 Å². The van der Waals surface area contributed by atoms with Gasteiger partial charge in [0.1, 0.15) is 12.4 Å². The van der Waals surface area contributed by atoms with Crippen molar-refractivity contribution in [3.05, 3.63) is 63.7 Å². The topological polar surface area (TPSA) is 38.3 Å². The van der Waals surface area contributed by atoms with Gasteiger partial charge in [0.25, 0.3) is 5.91 Å². The molecule has 0 fully saturated rings. The van der Waals surface area contributed by atoms with Crippen LogP contribution >= 0.6 is 16.1 Å². The minimum atomic E-state index is -0.167. The molecule has 0 atom stereocenters. The minimum absolute atomic E-state index is 0.167. The van der Waals surface area contributed by atoms with Crippen LogP contribution in [0.1, 0.15) is 38.2 Å². The van der Waals surface area contributed by atoms with Crippen molar-refractivity contribution in [2.75, 3.05) is 0 Å². The molecular formula is C18H20BrNO2. The average molecular weight is 362 g/mol. The lowest BCUT2D eigenvalue weighted by Crippen LogP contribution is -2.16. The van der Waals surface area contributed by atoms with E-state index in [0.29, 0.717) is 12.2 Å². The zero-order valence-electron chi connectivity index (χ0n) is 13.3. The first-order valence-corrected chi connectivity index (χ1v) is 7.93.